The topological polar surface area (TPSA) is 66.9 Å². The monoisotopic (exact) mass is 300 g/mol. The maximum atomic E-state index is 11.7. The molecule has 2 N–H and O–H groups in total. The van der Waals surface area contributed by atoms with Gasteiger partial charge in [0, 0.05) is 12.6 Å². The van der Waals surface area contributed by atoms with Crippen molar-refractivity contribution < 1.29 is 4.79 Å². The summed E-state index contributed by atoms with van der Waals surface area (Å²) in [7, 11) is 0. The summed E-state index contributed by atoms with van der Waals surface area (Å²) >= 11 is 3.25. The van der Waals surface area contributed by atoms with Crippen LogP contribution in [0.25, 0.3) is 0 Å². The third kappa shape index (κ3) is 5.12. The lowest BCUT2D eigenvalue weighted by atomic mass is 10.2. The second-order valence-corrected chi connectivity index (χ2v) is 5.04. The molecule has 17 heavy (non-hydrogen) atoms. The lowest BCUT2D eigenvalue weighted by Gasteiger charge is -2.15. The Kier molecular flexibility index (Phi) is 5.34. The van der Waals surface area contributed by atoms with Crippen molar-refractivity contribution in [3.8, 4) is 0 Å². The number of carbonyl (C=O) groups excluding carboxylic acids is 1. The van der Waals surface area contributed by atoms with Gasteiger partial charge in [0.25, 0.3) is 0 Å². The van der Waals surface area contributed by atoms with Crippen LogP contribution in [0.15, 0.2) is 17.0 Å². The molecule has 0 aliphatic heterocycles. The minimum Gasteiger partial charge on any atom is -0.358 e. The molecule has 5 nitrogen and oxygen atoms in total. The van der Waals surface area contributed by atoms with Gasteiger partial charge < -0.3 is 10.6 Å². The molecule has 0 aliphatic rings. The number of nitrogens with zero attached hydrogens (tertiary/aromatic N) is 2. The number of carbonyl (C=O) groups is 1. The number of halogens is 1. The summed E-state index contributed by atoms with van der Waals surface area (Å²) < 4.78 is 0.685. The van der Waals surface area contributed by atoms with Gasteiger partial charge >= 0.3 is 0 Å². The zero-order chi connectivity index (χ0) is 12.8. The van der Waals surface area contributed by atoms with Crippen LogP contribution in [0.4, 0.5) is 5.82 Å². The number of nitrogens with one attached hydrogen (secondary N) is 2. The molecule has 6 heteroatoms. The fourth-order valence-electron chi connectivity index (χ4n) is 1.16. The van der Waals surface area contributed by atoms with E-state index in [2.05, 4.69) is 50.4 Å². The van der Waals surface area contributed by atoms with E-state index in [9.17, 15) is 4.79 Å². The molecule has 0 spiro atoms. The third-order valence-corrected chi connectivity index (χ3v) is 2.51. The molecule has 0 saturated carbocycles. The molecule has 0 aromatic carbocycles. The van der Waals surface area contributed by atoms with Gasteiger partial charge in [0.1, 0.15) is 22.8 Å². The van der Waals surface area contributed by atoms with Crippen molar-refractivity contribution in [1.82, 2.24) is 15.3 Å². The average molecular weight is 301 g/mol. The summed E-state index contributed by atoms with van der Waals surface area (Å²) in [5.41, 5.74) is 0. The smallest absolute Gasteiger partial charge is 0.242 e. The first-order chi connectivity index (χ1) is 7.99. The minimum atomic E-state index is -0.324. The van der Waals surface area contributed by atoms with E-state index in [1.165, 1.54) is 6.33 Å². The van der Waals surface area contributed by atoms with E-state index in [1.54, 1.807) is 13.0 Å². The minimum absolute atomic E-state index is 0.0339. The van der Waals surface area contributed by atoms with Gasteiger partial charge in [-0.25, -0.2) is 9.97 Å². The van der Waals surface area contributed by atoms with Crippen LogP contribution in [0.2, 0.25) is 0 Å². The number of rotatable bonds is 5. The lowest BCUT2D eigenvalue weighted by molar-refractivity contribution is -0.121. The maximum absolute atomic E-state index is 11.7. The van der Waals surface area contributed by atoms with Crippen molar-refractivity contribution in [3.05, 3.63) is 17.0 Å². The van der Waals surface area contributed by atoms with E-state index in [0.29, 0.717) is 22.9 Å². The molecule has 1 atom stereocenters. The van der Waals surface area contributed by atoms with Crippen LogP contribution in [0.3, 0.4) is 0 Å². The highest BCUT2D eigenvalue weighted by atomic mass is 79.9. The van der Waals surface area contributed by atoms with E-state index in [0.717, 1.165) is 0 Å². The Morgan fingerprint density at radius 1 is 1.41 bits per heavy atom. The second-order valence-electron chi connectivity index (χ2n) is 4.23. The molecular weight excluding hydrogens is 284 g/mol. The fraction of sp³-hybridized carbons (Fsp3) is 0.545. The van der Waals surface area contributed by atoms with Crippen LogP contribution in [0.1, 0.15) is 20.8 Å². The molecule has 94 valence electrons. The summed E-state index contributed by atoms with van der Waals surface area (Å²) in [5.74, 6) is 1.03. The maximum Gasteiger partial charge on any atom is 0.242 e. The summed E-state index contributed by atoms with van der Waals surface area (Å²) in [6.07, 6.45) is 1.44. The first kappa shape index (κ1) is 13.9. The van der Waals surface area contributed by atoms with Crippen LogP contribution in [-0.4, -0.2) is 28.5 Å². The molecule has 1 heterocycles. The van der Waals surface area contributed by atoms with Crippen molar-refractivity contribution in [2.24, 2.45) is 5.92 Å². The summed E-state index contributed by atoms with van der Waals surface area (Å²) in [4.78, 5) is 19.6. The second kappa shape index (κ2) is 6.54. The molecule has 1 aromatic heterocycles. The Morgan fingerprint density at radius 3 is 2.71 bits per heavy atom. The Balaban J connectivity index is 2.48. The third-order valence-electron chi connectivity index (χ3n) is 2.08. The normalized spacial score (nSPS) is 12.3. The van der Waals surface area contributed by atoms with Gasteiger partial charge in [-0.1, -0.05) is 13.8 Å². The predicted molar refractivity (Wildman–Crippen MR) is 70.7 cm³/mol. The van der Waals surface area contributed by atoms with Crippen molar-refractivity contribution in [1.29, 1.82) is 0 Å². The molecular formula is C11H17BrN4O. The molecule has 0 fully saturated rings. The van der Waals surface area contributed by atoms with Crippen LogP contribution in [0.5, 0.6) is 0 Å². The van der Waals surface area contributed by atoms with Gasteiger partial charge in [0.15, 0.2) is 0 Å². The molecule has 1 aromatic rings. The summed E-state index contributed by atoms with van der Waals surface area (Å²) in [5, 5.41) is 5.87. The van der Waals surface area contributed by atoms with Gasteiger partial charge in [-0.3, -0.25) is 4.79 Å². The Labute approximate surface area is 110 Å². The van der Waals surface area contributed by atoms with Gasteiger partial charge in [-0.2, -0.15) is 0 Å². The Morgan fingerprint density at radius 2 is 2.12 bits per heavy atom. The van der Waals surface area contributed by atoms with Crippen molar-refractivity contribution in [2.45, 2.75) is 26.8 Å². The Bertz CT molecular complexity index is 383. The standard InChI is InChI=1S/C11H17BrN4O/c1-7(2)5-13-11(17)8(3)16-10-4-9(12)14-6-15-10/h4,6-8H,5H2,1-3H3,(H,13,17)(H,14,15,16). The molecule has 1 unspecified atom stereocenters. The van der Waals surface area contributed by atoms with E-state index in [4.69, 9.17) is 0 Å². The van der Waals surface area contributed by atoms with Crippen LogP contribution in [0, 0.1) is 5.92 Å². The zero-order valence-corrected chi connectivity index (χ0v) is 11.8. The number of amides is 1. The number of anilines is 1. The average Bonchev–Trinajstić information content (AvgIpc) is 2.25. The highest BCUT2D eigenvalue weighted by Gasteiger charge is 2.13. The quantitative estimate of drug-likeness (QED) is 0.814. The lowest BCUT2D eigenvalue weighted by Crippen LogP contribution is -2.39. The largest absolute Gasteiger partial charge is 0.358 e. The van der Waals surface area contributed by atoms with Gasteiger partial charge in [-0.15, -0.1) is 0 Å². The number of aromatic nitrogens is 2. The molecule has 0 radical (unpaired) electrons. The molecule has 0 aliphatic carbocycles. The number of hydrogen-bond donors (Lipinski definition) is 2. The van der Waals surface area contributed by atoms with E-state index >= 15 is 0 Å². The fourth-order valence-corrected chi connectivity index (χ4v) is 1.47. The van der Waals surface area contributed by atoms with Crippen LogP contribution < -0.4 is 10.6 Å². The predicted octanol–water partition coefficient (Wildman–Crippen LogP) is 1.81. The Hall–Kier alpha value is -1.17. The van der Waals surface area contributed by atoms with Gasteiger partial charge in [-0.05, 0) is 28.8 Å². The zero-order valence-electron chi connectivity index (χ0n) is 10.2. The SMILES string of the molecule is CC(C)CNC(=O)C(C)Nc1cc(Br)ncn1. The first-order valence-electron chi connectivity index (χ1n) is 5.51. The van der Waals surface area contributed by atoms with E-state index in [-0.39, 0.29) is 11.9 Å². The van der Waals surface area contributed by atoms with Crippen LogP contribution >= 0.6 is 15.9 Å². The highest BCUT2D eigenvalue weighted by Crippen LogP contribution is 2.10. The van der Waals surface area contributed by atoms with Crippen molar-refractivity contribution in [3.63, 3.8) is 0 Å². The van der Waals surface area contributed by atoms with Gasteiger partial charge in [0.05, 0.1) is 0 Å². The molecule has 1 amide bonds. The highest BCUT2D eigenvalue weighted by molar-refractivity contribution is 9.10. The molecule has 0 bridgehead atoms. The first-order valence-corrected chi connectivity index (χ1v) is 6.30. The summed E-state index contributed by atoms with van der Waals surface area (Å²) in [6.45, 7) is 6.59. The van der Waals surface area contributed by atoms with Gasteiger partial charge in [0.2, 0.25) is 5.91 Å². The summed E-state index contributed by atoms with van der Waals surface area (Å²) in [6, 6.07) is 1.40. The number of hydrogen-bond acceptors (Lipinski definition) is 4. The van der Waals surface area contributed by atoms with E-state index in [1.807, 2.05) is 0 Å². The molecule has 1 rings (SSSR count). The van der Waals surface area contributed by atoms with Crippen molar-refractivity contribution >= 4 is 27.7 Å². The van der Waals surface area contributed by atoms with Crippen LogP contribution in [-0.2, 0) is 4.79 Å². The van der Waals surface area contributed by atoms with E-state index < -0.39 is 0 Å². The molecule has 0 saturated heterocycles. The van der Waals surface area contributed by atoms with Crippen molar-refractivity contribution in [2.75, 3.05) is 11.9 Å².